The fraction of sp³-hybridized carbons (Fsp3) is 0.143. The highest BCUT2D eigenvalue weighted by molar-refractivity contribution is 5.83. The smallest absolute Gasteiger partial charge is 0.405 e. The molecule has 0 aliphatic rings. The summed E-state index contributed by atoms with van der Waals surface area (Å²) in [6.07, 6.45) is 2.46. The van der Waals surface area contributed by atoms with E-state index in [1.54, 1.807) is 37.5 Å². The van der Waals surface area contributed by atoms with Gasteiger partial charge < -0.3 is 20.4 Å². The summed E-state index contributed by atoms with van der Waals surface area (Å²) >= 11 is 0. The van der Waals surface area contributed by atoms with Crippen LogP contribution in [0.4, 0.5) is 13.6 Å². The third-order valence-electron chi connectivity index (χ3n) is 4.90. The maximum Gasteiger partial charge on any atom is 0.405 e. The van der Waals surface area contributed by atoms with Crippen molar-refractivity contribution in [2.45, 2.75) is 18.9 Å². The molecule has 0 radical (unpaired) electrons. The van der Waals surface area contributed by atoms with Crippen molar-refractivity contribution in [2.24, 2.45) is 0 Å². The third-order valence-corrected chi connectivity index (χ3v) is 4.90. The molecule has 2 aromatic heterocycles. The molecule has 4 rings (SSSR count). The summed E-state index contributed by atoms with van der Waals surface area (Å²) in [4.78, 5) is 22.1. The molecule has 0 saturated heterocycles. The van der Waals surface area contributed by atoms with Gasteiger partial charge in [-0.15, -0.1) is 0 Å². The van der Waals surface area contributed by atoms with Gasteiger partial charge in [0.1, 0.15) is 23.0 Å². The fourth-order valence-electron chi connectivity index (χ4n) is 3.48. The number of rotatable bonds is 5. The number of benzene rings is 2. The van der Waals surface area contributed by atoms with Crippen LogP contribution in [-0.4, -0.2) is 26.2 Å². The number of carboxylic acid groups (broad SMARTS) is 1. The van der Waals surface area contributed by atoms with Gasteiger partial charge in [0.25, 0.3) is 0 Å². The number of carbonyl (C=O) groups is 1. The first-order valence-corrected chi connectivity index (χ1v) is 8.92. The molecule has 148 valence electrons. The Bertz CT molecular complexity index is 1180. The highest BCUT2D eigenvalue weighted by atomic mass is 19.1. The number of halogens is 2. The van der Waals surface area contributed by atoms with Crippen molar-refractivity contribution in [1.29, 1.82) is 0 Å². The van der Waals surface area contributed by atoms with E-state index in [9.17, 15) is 18.7 Å². The molecule has 1 amide bonds. The molecule has 0 saturated carbocycles. The Morgan fingerprint density at radius 1 is 1.10 bits per heavy atom. The van der Waals surface area contributed by atoms with E-state index < -0.39 is 11.6 Å². The van der Waals surface area contributed by atoms with Crippen LogP contribution in [0.5, 0.6) is 0 Å². The predicted octanol–water partition coefficient (Wildman–Crippen LogP) is 4.56. The lowest BCUT2D eigenvalue weighted by Gasteiger charge is -2.27. The molecule has 2 aromatic carbocycles. The first-order chi connectivity index (χ1) is 13.8. The lowest BCUT2D eigenvalue weighted by atomic mass is 9.91. The first kappa shape index (κ1) is 18.7. The molecule has 8 heteroatoms. The van der Waals surface area contributed by atoms with E-state index in [2.05, 4.69) is 20.3 Å². The molecule has 0 bridgehead atoms. The van der Waals surface area contributed by atoms with E-state index in [1.165, 1.54) is 24.3 Å². The minimum atomic E-state index is -1.20. The Hall–Kier alpha value is -3.68. The molecule has 0 fully saturated rings. The average Bonchev–Trinajstić information content (AvgIpc) is 3.30. The standard InChI is InChI=1S/C21H18F2N4O2/c1-21(27-20(28)29,9-13-10-24-17-8-15(23)6-7-16(13)17)19-25-11-18(26-19)12-2-4-14(22)5-3-12/h2-8,10-11,24,27H,9H2,1H3,(H,25,26)(H,28,29)/t21-/m0/s1. The highest BCUT2D eigenvalue weighted by Crippen LogP contribution is 2.29. The Labute approximate surface area is 164 Å². The first-order valence-electron chi connectivity index (χ1n) is 8.92. The number of nitrogens with zero attached hydrogens (tertiary/aromatic N) is 1. The number of H-pyrrole nitrogens is 2. The molecule has 6 nitrogen and oxygen atoms in total. The number of amides is 1. The SMILES string of the molecule is C[C@@](Cc1c[nH]c2cc(F)ccc12)(NC(=O)O)c1nc(-c2ccc(F)cc2)c[nH]1. The lowest BCUT2D eigenvalue weighted by Crippen LogP contribution is -2.45. The fourth-order valence-corrected chi connectivity index (χ4v) is 3.48. The van der Waals surface area contributed by atoms with Gasteiger partial charge in [-0.05, 0) is 55.0 Å². The molecule has 0 spiro atoms. The zero-order chi connectivity index (χ0) is 20.6. The number of nitrogens with one attached hydrogen (secondary N) is 3. The Morgan fingerprint density at radius 3 is 2.55 bits per heavy atom. The largest absolute Gasteiger partial charge is 0.465 e. The van der Waals surface area contributed by atoms with Gasteiger partial charge in [-0.3, -0.25) is 0 Å². The number of aromatic amines is 2. The van der Waals surface area contributed by atoms with Crippen LogP contribution >= 0.6 is 0 Å². The van der Waals surface area contributed by atoms with Crippen molar-refractivity contribution in [1.82, 2.24) is 20.3 Å². The van der Waals surface area contributed by atoms with Gasteiger partial charge >= 0.3 is 6.09 Å². The zero-order valence-electron chi connectivity index (χ0n) is 15.5. The van der Waals surface area contributed by atoms with Gasteiger partial charge in [0.2, 0.25) is 0 Å². The minimum absolute atomic E-state index is 0.279. The number of hydrogen-bond donors (Lipinski definition) is 4. The van der Waals surface area contributed by atoms with Gasteiger partial charge in [-0.2, -0.15) is 0 Å². The van der Waals surface area contributed by atoms with E-state index >= 15 is 0 Å². The normalized spacial score (nSPS) is 13.3. The molecule has 4 aromatic rings. The zero-order valence-corrected chi connectivity index (χ0v) is 15.5. The highest BCUT2D eigenvalue weighted by Gasteiger charge is 2.33. The van der Waals surface area contributed by atoms with E-state index in [0.717, 1.165) is 10.9 Å². The van der Waals surface area contributed by atoms with Gasteiger partial charge in [0, 0.05) is 35.3 Å². The minimum Gasteiger partial charge on any atom is -0.465 e. The summed E-state index contributed by atoms with van der Waals surface area (Å²) in [5.41, 5.74) is 1.64. The van der Waals surface area contributed by atoms with Crippen LogP contribution < -0.4 is 5.32 Å². The lowest BCUT2D eigenvalue weighted by molar-refractivity contribution is 0.178. The van der Waals surface area contributed by atoms with Crippen molar-refractivity contribution in [3.8, 4) is 11.3 Å². The summed E-state index contributed by atoms with van der Waals surface area (Å²) in [7, 11) is 0. The van der Waals surface area contributed by atoms with Crippen molar-refractivity contribution < 1.29 is 18.7 Å². The second-order valence-corrected chi connectivity index (χ2v) is 7.08. The molecule has 0 aliphatic carbocycles. The quantitative estimate of drug-likeness (QED) is 0.398. The molecule has 0 unspecified atom stereocenters. The van der Waals surface area contributed by atoms with Crippen molar-refractivity contribution in [2.75, 3.05) is 0 Å². The number of aromatic nitrogens is 3. The molecular weight excluding hydrogens is 378 g/mol. The van der Waals surface area contributed by atoms with Crippen LogP contribution in [0.15, 0.2) is 54.9 Å². The summed E-state index contributed by atoms with van der Waals surface area (Å²) in [5.74, 6) is -0.291. The van der Waals surface area contributed by atoms with E-state index in [-0.39, 0.29) is 18.1 Å². The molecule has 0 aliphatic heterocycles. The van der Waals surface area contributed by atoms with Crippen molar-refractivity contribution >= 4 is 17.0 Å². The van der Waals surface area contributed by atoms with E-state index in [1.807, 2.05) is 0 Å². The molecule has 4 N–H and O–H groups in total. The molecule has 1 atom stereocenters. The predicted molar refractivity (Wildman–Crippen MR) is 104 cm³/mol. The number of fused-ring (bicyclic) bond motifs is 1. The maximum absolute atomic E-state index is 13.5. The van der Waals surface area contributed by atoms with Crippen molar-refractivity contribution in [3.63, 3.8) is 0 Å². The van der Waals surface area contributed by atoms with E-state index in [4.69, 9.17) is 0 Å². The second-order valence-electron chi connectivity index (χ2n) is 7.08. The van der Waals surface area contributed by atoms with Gasteiger partial charge in [0.05, 0.1) is 5.69 Å². The number of hydrogen-bond acceptors (Lipinski definition) is 2. The van der Waals surface area contributed by atoms with Gasteiger partial charge in [-0.25, -0.2) is 18.6 Å². The Morgan fingerprint density at radius 2 is 1.83 bits per heavy atom. The van der Waals surface area contributed by atoms with Crippen molar-refractivity contribution in [3.05, 3.63) is 77.9 Å². The molecular formula is C21H18F2N4O2. The summed E-state index contributed by atoms with van der Waals surface area (Å²) in [5, 5.41) is 12.7. The monoisotopic (exact) mass is 396 g/mol. The summed E-state index contributed by atoms with van der Waals surface area (Å²) in [6.45, 7) is 1.72. The average molecular weight is 396 g/mol. The molecule has 29 heavy (non-hydrogen) atoms. The van der Waals surface area contributed by atoms with Crippen LogP contribution in [-0.2, 0) is 12.0 Å². The second kappa shape index (κ2) is 7.05. The van der Waals surface area contributed by atoms with Crippen LogP contribution in [0.3, 0.4) is 0 Å². The Kier molecular flexibility index (Phi) is 4.54. The van der Waals surface area contributed by atoms with Crippen LogP contribution in [0.2, 0.25) is 0 Å². The van der Waals surface area contributed by atoms with Gasteiger partial charge in [-0.1, -0.05) is 0 Å². The number of imidazole rings is 1. The van der Waals surface area contributed by atoms with Crippen LogP contribution in [0.1, 0.15) is 18.3 Å². The third kappa shape index (κ3) is 3.69. The van der Waals surface area contributed by atoms with Gasteiger partial charge in [0.15, 0.2) is 0 Å². The maximum atomic E-state index is 13.5. The topological polar surface area (TPSA) is 93.8 Å². The Balaban J connectivity index is 1.71. The van der Waals surface area contributed by atoms with E-state index in [0.29, 0.717) is 22.6 Å². The summed E-state index contributed by atoms with van der Waals surface area (Å²) < 4.78 is 26.6. The summed E-state index contributed by atoms with van der Waals surface area (Å²) in [6, 6.07) is 10.3. The molecule has 2 heterocycles. The van der Waals surface area contributed by atoms with Crippen LogP contribution in [0, 0.1) is 11.6 Å². The van der Waals surface area contributed by atoms with Crippen LogP contribution in [0.25, 0.3) is 22.2 Å².